The Morgan fingerprint density at radius 3 is 2.43 bits per heavy atom. The first-order valence-electron chi connectivity index (χ1n) is 6.13. The molecule has 2 aromatic rings. The Kier molecular flexibility index (Phi) is 4.55. The molecule has 0 heterocycles. The van der Waals surface area contributed by atoms with Crippen LogP contribution in [0.2, 0.25) is 5.02 Å². The summed E-state index contributed by atoms with van der Waals surface area (Å²) in [4.78, 5) is 12.4. The van der Waals surface area contributed by atoms with Crippen molar-refractivity contribution in [3.05, 3.63) is 47.0 Å². The largest absolute Gasteiger partial charge is 0.496 e. The van der Waals surface area contributed by atoms with Gasteiger partial charge >= 0.3 is 0 Å². The van der Waals surface area contributed by atoms with Crippen molar-refractivity contribution in [2.45, 2.75) is 0 Å². The summed E-state index contributed by atoms with van der Waals surface area (Å²) < 4.78 is 10.4. The minimum Gasteiger partial charge on any atom is -0.496 e. The van der Waals surface area contributed by atoms with Gasteiger partial charge in [-0.1, -0.05) is 11.6 Å². The Morgan fingerprint density at radius 1 is 1.10 bits per heavy atom. The van der Waals surface area contributed by atoms with Crippen molar-refractivity contribution < 1.29 is 14.3 Å². The van der Waals surface area contributed by atoms with Gasteiger partial charge in [-0.15, -0.1) is 0 Å². The van der Waals surface area contributed by atoms with E-state index in [0.717, 1.165) is 0 Å². The lowest BCUT2D eigenvalue weighted by molar-refractivity contribution is 0.102. The lowest BCUT2D eigenvalue weighted by Gasteiger charge is -2.13. The van der Waals surface area contributed by atoms with E-state index in [-0.39, 0.29) is 5.91 Å². The molecule has 0 bridgehead atoms. The number of ether oxygens (including phenoxy) is 2. The number of rotatable bonds is 4. The molecule has 0 aliphatic rings. The van der Waals surface area contributed by atoms with Crippen LogP contribution in [0, 0.1) is 0 Å². The first-order valence-corrected chi connectivity index (χ1v) is 6.51. The lowest BCUT2D eigenvalue weighted by atomic mass is 10.1. The Balaban J connectivity index is 2.34. The number of carbonyl (C=O) groups excluding carboxylic acids is 1. The van der Waals surface area contributed by atoms with Gasteiger partial charge in [0.1, 0.15) is 11.5 Å². The van der Waals surface area contributed by atoms with Crippen molar-refractivity contribution >= 4 is 28.9 Å². The minimum absolute atomic E-state index is 0.328. The molecule has 0 saturated carbocycles. The van der Waals surface area contributed by atoms with Gasteiger partial charge in [-0.2, -0.15) is 0 Å². The predicted octanol–water partition coefficient (Wildman–Crippen LogP) is 3.19. The number of nitrogen functional groups attached to an aromatic ring is 1. The molecule has 0 aliphatic heterocycles. The van der Waals surface area contributed by atoms with E-state index in [9.17, 15) is 4.79 Å². The van der Waals surface area contributed by atoms with Gasteiger partial charge in [0.05, 0.1) is 25.5 Å². The molecule has 2 rings (SSSR count). The zero-order chi connectivity index (χ0) is 15.4. The minimum atomic E-state index is -0.363. The molecule has 0 aliphatic carbocycles. The Labute approximate surface area is 127 Å². The maximum Gasteiger partial charge on any atom is 0.259 e. The molecule has 0 fully saturated rings. The highest BCUT2D eigenvalue weighted by Crippen LogP contribution is 2.29. The zero-order valence-electron chi connectivity index (χ0n) is 11.6. The number of benzene rings is 2. The van der Waals surface area contributed by atoms with Crippen molar-refractivity contribution in [2.24, 2.45) is 0 Å². The second-order valence-corrected chi connectivity index (χ2v) is 4.69. The number of amides is 1. The molecule has 0 atom stereocenters. The average molecular weight is 307 g/mol. The molecule has 0 spiro atoms. The fourth-order valence-electron chi connectivity index (χ4n) is 1.87. The quantitative estimate of drug-likeness (QED) is 0.851. The van der Waals surface area contributed by atoms with Crippen molar-refractivity contribution in [2.75, 3.05) is 25.3 Å². The van der Waals surface area contributed by atoms with Crippen LogP contribution in [0.1, 0.15) is 10.4 Å². The summed E-state index contributed by atoms with van der Waals surface area (Å²) in [5.74, 6) is 0.580. The second-order valence-electron chi connectivity index (χ2n) is 4.26. The Morgan fingerprint density at radius 2 is 1.76 bits per heavy atom. The SMILES string of the molecule is COc1ccc(N)cc1NC(=O)c1cc(Cl)ccc1OC. The fourth-order valence-corrected chi connectivity index (χ4v) is 2.04. The molecule has 2 aromatic carbocycles. The third-order valence-corrected chi connectivity index (χ3v) is 3.11. The van der Waals surface area contributed by atoms with Crippen molar-refractivity contribution in [1.82, 2.24) is 0 Å². The summed E-state index contributed by atoms with van der Waals surface area (Å²) in [5, 5.41) is 3.18. The van der Waals surface area contributed by atoms with E-state index in [4.69, 9.17) is 26.8 Å². The molecule has 110 valence electrons. The van der Waals surface area contributed by atoms with E-state index in [1.165, 1.54) is 20.3 Å². The molecular formula is C15H15ClN2O3. The van der Waals surface area contributed by atoms with Crippen LogP contribution in [-0.2, 0) is 0 Å². The van der Waals surface area contributed by atoms with Crippen LogP contribution >= 0.6 is 11.6 Å². The third kappa shape index (κ3) is 3.38. The monoisotopic (exact) mass is 306 g/mol. The summed E-state index contributed by atoms with van der Waals surface area (Å²) >= 11 is 5.92. The van der Waals surface area contributed by atoms with Gasteiger partial charge in [-0.25, -0.2) is 0 Å². The number of methoxy groups -OCH3 is 2. The van der Waals surface area contributed by atoms with Crippen LogP contribution < -0.4 is 20.5 Å². The average Bonchev–Trinajstić information content (AvgIpc) is 2.47. The van der Waals surface area contributed by atoms with Crippen molar-refractivity contribution in [3.8, 4) is 11.5 Å². The highest BCUT2D eigenvalue weighted by molar-refractivity contribution is 6.31. The first-order chi connectivity index (χ1) is 10.0. The van der Waals surface area contributed by atoms with Gasteiger partial charge in [-0.05, 0) is 36.4 Å². The molecule has 6 heteroatoms. The first kappa shape index (κ1) is 15.0. The van der Waals surface area contributed by atoms with E-state index < -0.39 is 0 Å². The summed E-state index contributed by atoms with van der Waals surface area (Å²) in [6.45, 7) is 0. The summed E-state index contributed by atoms with van der Waals surface area (Å²) in [7, 11) is 3.00. The number of nitrogens with two attached hydrogens (primary N) is 1. The number of halogens is 1. The molecule has 0 radical (unpaired) electrons. The third-order valence-electron chi connectivity index (χ3n) is 2.88. The number of hydrogen-bond donors (Lipinski definition) is 2. The highest BCUT2D eigenvalue weighted by Gasteiger charge is 2.15. The van der Waals surface area contributed by atoms with Crippen LogP contribution in [0.25, 0.3) is 0 Å². The van der Waals surface area contributed by atoms with Crippen molar-refractivity contribution in [3.63, 3.8) is 0 Å². The summed E-state index contributed by atoms with van der Waals surface area (Å²) in [5.41, 5.74) is 7.05. The van der Waals surface area contributed by atoms with E-state index in [1.54, 1.807) is 30.3 Å². The van der Waals surface area contributed by atoms with Crippen LogP contribution in [0.3, 0.4) is 0 Å². The summed E-state index contributed by atoms with van der Waals surface area (Å²) in [6, 6.07) is 9.81. The topological polar surface area (TPSA) is 73.6 Å². The lowest BCUT2D eigenvalue weighted by Crippen LogP contribution is -2.14. The number of nitrogens with one attached hydrogen (secondary N) is 1. The van der Waals surface area contributed by atoms with Crippen LogP contribution in [0.5, 0.6) is 11.5 Å². The Hall–Kier alpha value is -2.40. The standard InChI is InChI=1S/C15H15ClN2O3/c1-20-13-5-3-9(16)7-11(13)15(19)18-12-8-10(17)4-6-14(12)21-2/h3-8H,17H2,1-2H3,(H,18,19). The summed E-state index contributed by atoms with van der Waals surface area (Å²) in [6.07, 6.45) is 0. The molecule has 0 unspecified atom stereocenters. The van der Waals surface area contributed by atoms with Gasteiger partial charge in [0.25, 0.3) is 5.91 Å². The molecule has 3 N–H and O–H groups in total. The molecule has 0 saturated heterocycles. The maximum atomic E-state index is 12.4. The van der Waals surface area contributed by atoms with Gasteiger partial charge in [0.15, 0.2) is 0 Å². The van der Waals surface area contributed by atoms with Gasteiger partial charge in [0.2, 0.25) is 0 Å². The number of hydrogen-bond acceptors (Lipinski definition) is 4. The number of carbonyl (C=O) groups is 1. The van der Waals surface area contributed by atoms with Gasteiger partial charge < -0.3 is 20.5 Å². The highest BCUT2D eigenvalue weighted by atomic mass is 35.5. The molecule has 1 amide bonds. The predicted molar refractivity (Wildman–Crippen MR) is 83.4 cm³/mol. The van der Waals surface area contributed by atoms with E-state index in [2.05, 4.69) is 5.32 Å². The van der Waals surface area contributed by atoms with Crippen LogP contribution in [0.4, 0.5) is 11.4 Å². The van der Waals surface area contributed by atoms with Crippen LogP contribution in [0.15, 0.2) is 36.4 Å². The molecular weight excluding hydrogens is 292 g/mol. The van der Waals surface area contributed by atoms with Gasteiger partial charge in [-0.3, -0.25) is 4.79 Å². The fraction of sp³-hybridized carbons (Fsp3) is 0.133. The zero-order valence-corrected chi connectivity index (χ0v) is 12.4. The smallest absolute Gasteiger partial charge is 0.259 e. The normalized spacial score (nSPS) is 10.0. The molecule has 21 heavy (non-hydrogen) atoms. The van der Waals surface area contributed by atoms with E-state index in [1.807, 2.05) is 0 Å². The van der Waals surface area contributed by atoms with E-state index >= 15 is 0 Å². The maximum absolute atomic E-state index is 12.4. The molecule has 5 nitrogen and oxygen atoms in total. The van der Waals surface area contributed by atoms with Crippen molar-refractivity contribution in [1.29, 1.82) is 0 Å². The Bertz CT molecular complexity index is 674. The number of anilines is 2. The van der Waals surface area contributed by atoms with Gasteiger partial charge in [0, 0.05) is 10.7 Å². The molecule has 0 aromatic heterocycles. The van der Waals surface area contributed by atoms with E-state index in [0.29, 0.717) is 33.5 Å². The second kappa shape index (κ2) is 6.37. The van der Waals surface area contributed by atoms with Crippen LogP contribution in [-0.4, -0.2) is 20.1 Å².